The number of benzene rings is 1. The maximum atomic E-state index is 10.9. The summed E-state index contributed by atoms with van der Waals surface area (Å²) in [7, 11) is 1.27. The molecule has 0 saturated heterocycles. The molecule has 0 radical (unpaired) electrons. The Morgan fingerprint density at radius 1 is 1.53 bits per heavy atom. The number of esters is 1. The molecule has 0 unspecified atom stereocenters. The Morgan fingerprint density at radius 2 is 2.20 bits per heavy atom. The van der Waals surface area contributed by atoms with Crippen LogP contribution in [0.4, 0.5) is 0 Å². The topological polar surface area (TPSA) is 92.8 Å². The Hall–Kier alpha value is -1.75. The smallest absolute Gasteiger partial charge is 0.307 e. The summed E-state index contributed by atoms with van der Waals surface area (Å²) in [5.41, 5.74) is 6.08. The minimum atomic E-state index is -0.641. The third kappa shape index (κ3) is 2.85. The summed E-state index contributed by atoms with van der Waals surface area (Å²) in [6, 6.07) is 3.40. The third-order valence-corrected chi connectivity index (χ3v) is 2.03. The molecule has 0 aliphatic rings. The van der Waals surface area contributed by atoms with E-state index in [1.165, 1.54) is 25.3 Å². The number of carbonyl (C=O) groups excluding carboxylic acids is 1. The molecule has 0 heterocycles. The number of ether oxygens (including phenoxy) is 1. The Balaban J connectivity index is 2.82. The highest BCUT2D eigenvalue weighted by Gasteiger charge is 2.15. The van der Waals surface area contributed by atoms with Crippen LogP contribution in [0.3, 0.4) is 0 Å². The molecule has 1 aromatic carbocycles. The van der Waals surface area contributed by atoms with Crippen molar-refractivity contribution in [2.45, 2.75) is 12.5 Å². The van der Waals surface area contributed by atoms with Crippen LogP contribution < -0.4 is 5.73 Å². The van der Waals surface area contributed by atoms with Crippen LogP contribution in [-0.2, 0) is 9.53 Å². The number of hydrogen-bond donors (Lipinski definition) is 3. The highest BCUT2D eigenvalue weighted by Crippen LogP contribution is 2.28. The van der Waals surface area contributed by atoms with Gasteiger partial charge in [0.25, 0.3) is 0 Å². The lowest BCUT2D eigenvalue weighted by molar-refractivity contribution is -0.141. The second-order valence-electron chi connectivity index (χ2n) is 3.13. The van der Waals surface area contributed by atoms with Gasteiger partial charge in [-0.1, -0.05) is 6.07 Å². The van der Waals surface area contributed by atoms with Crippen molar-refractivity contribution in [2.24, 2.45) is 5.73 Å². The van der Waals surface area contributed by atoms with Crippen molar-refractivity contribution in [3.63, 3.8) is 0 Å². The first-order valence-electron chi connectivity index (χ1n) is 4.39. The molecule has 0 bridgehead atoms. The summed E-state index contributed by atoms with van der Waals surface area (Å²) < 4.78 is 4.46. The van der Waals surface area contributed by atoms with Crippen LogP contribution in [0.2, 0.25) is 0 Å². The van der Waals surface area contributed by atoms with E-state index < -0.39 is 12.0 Å². The van der Waals surface area contributed by atoms with Gasteiger partial charge in [0.2, 0.25) is 0 Å². The van der Waals surface area contributed by atoms with Gasteiger partial charge in [0.15, 0.2) is 0 Å². The number of rotatable bonds is 3. The molecule has 5 nitrogen and oxygen atoms in total. The molecule has 1 aromatic rings. The molecule has 0 amide bonds. The van der Waals surface area contributed by atoms with Crippen LogP contribution in [0.25, 0.3) is 0 Å². The van der Waals surface area contributed by atoms with Crippen LogP contribution in [0.15, 0.2) is 18.2 Å². The van der Waals surface area contributed by atoms with Crippen molar-refractivity contribution < 1.29 is 19.7 Å². The van der Waals surface area contributed by atoms with E-state index in [4.69, 9.17) is 10.8 Å². The average molecular weight is 211 g/mol. The lowest BCUT2D eigenvalue weighted by Crippen LogP contribution is -2.16. The largest absolute Gasteiger partial charge is 0.508 e. The Morgan fingerprint density at radius 3 is 2.73 bits per heavy atom. The number of nitrogens with two attached hydrogens (primary N) is 1. The predicted octanol–water partition coefficient (Wildman–Crippen LogP) is 0.661. The fourth-order valence-corrected chi connectivity index (χ4v) is 1.22. The molecule has 0 fully saturated rings. The van der Waals surface area contributed by atoms with Gasteiger partial charge in [-0.25, -0.2) is 0 Å². The van der Waals surface area contributed by atoms with Gasteiger partial charge >= 0.3 is 5.97 Å². The Bertz CT molecular complexity index is 364. The van der Waals surface area contributed by atoms with Gasteiger partial charge in [0, 0.05) is 17.7 Å². The second kappa shape index (κ2) is 4.65. The Kier molecular flexibility index (Phi) is 3.51. The molecule has 0 spiro atoms. The zero-order valence-electron chi connectivity index (χ0n) is 8.30. The molecular formula is C10H13NO4. The zero-order valence-corrected chi connectivity index (χ0v) is 8.30. The summed E-state index contributed by atoms with van der Waals surface area (Å²) in [4.78, 5) is 10.9. The van der Waals surface area contributed by atoms with Crippen LogP contribution in [0.5, 0.6) is 11.5 Å². The van der Waals surface area contributed by atoms with E-state index in [0.717, 1.165) is 0 Å². The van der Waals surface area contributed by atoms with E-state index in [0.29, 0.717) is 5.56 Å². The van der Waals surface area contributed by atoms with E-state index >= 15 is 0 Å². The summed E-state index contributed by atoms with van der Waals surface area (Å²) in [5.74, 6) is -0.636. The fraction of sp³-hybridized carbons (Fsp3) is 0.300. The van der Waals surface area contributed by atoms with Crippen molar-refractivity contribution in [1.82, 2.24) is 0 Å². The summed E-state index contributed by atoms with van der Waals surface area (Å²) in [6.07, 6.45) is -0.0190. The van der Waals surface area contributed by atoms with Gasteiger partial charge in [-0.05, 0) is 6.07 Å². The monoisotopic (exact) mass is 211 g/mol. The van der Waals surface area contributed by atoms with Crippen molar-refractivity contribution in [3.05, 3.63) is 23.8 Å². The number of hydrogen-bond acceptors (Lipinski definition) is 5. The van der Waals surface area contributed by atoms with Gasteiger partial charge in [0.1, 0.15) is 11.5 Å². The lowest BCUT2D eigenvalue weighted by atomic mass is 10.0. The van der Waals surface area contributed by atoms with Crippen LogP contribution in [-0.4, -0.2) is 23.3 Å². The molecule has 0 saturated carbocycles. The highest BCUT2D eigenvalue weighted by molar-refractivity contribution is 5.70. The van der Waals surface area contributed by atoms with Crippen molar-refractivity contribution in [1.29, 1.82) is 0 Å². The molecule has 5 heteroatoms. The molecular weight excluding hydrogens is 198 g/mol. The standard InChI is InChI=1S/C10H13NO4/c1-15-10(14)5-8(11)7-3-2-6(12)4-9(7)13/h2-4,8,12-13H,5,11H2,1H3/t8-/m1/s1. The number of carbonyl (C=O) groups is 1. The third-order valence-electron chi connectivity index (χ3n) is 2.03. The summed E-state index contributed by atoms with van der Waals surface area (Å²) in [5, 5.41) is 18.5. The van der Waals surface area contributed by atoms with E-state index in [1.54, 1.807) is 0 Å². The molecule has 1 atom stereocenters. The zero-order chi connectivity index (χ0) is 11.4. The second-order valence-corrected chi connectivity index (χ2v) is 3.13. The molecule has 4 N–H and O–H groups in total. The number of phenols is 2. The molecule has 82 valence electrons. The minimum absolute atomic E-state index is 0.0190. The first-order valence-corrected chi connectivity index (χ1v) is 4.39. The first kappa shape index (κ1) is 11.3. The number of phenolic OH excluding ortho intramolecular Hbond substituents is 2. The van der Waals surface area contributed by atoms with Gasteiger partial charge in [0.05, 0.1) is 13.5 Å². The number of aromatic hydroxyl groups is 2. The van der Waals surface area contributed by atoms with Gasteiger partial charge < -0.3 is 20.7 Å². The SMILES string of the molecule is COC(=O)C[C@@H](N)c1ccc(O)cc1O. The van der Waals surface area contributed by atoms with Crippen LogP contribution in [0.1, 0.15) is 18.0 Å². The van der Waals surface area contributed by atoms with E-state index in [2.05, 4.69) is 4.74 Å². The molecule has 15 heavy (non-hydrogen) atoms. The average Bonchev–Trinajstić information content (AvgIpc) is 2.17. The number of methoxy groups -OCH3 is 1. The van der Waals surface area contributed by atoms with Gasteiger partial charge in [-0.2, -0.15) is 0 Å². The highest BCUT2D eigenvalue weighted by atomic mass is 16.5. The normalized spacial score (nSPS) is 12.1. The van der Waals surface area contributed by atoms with Crippen LogP contribution >= 0.6 is 0 Å². The van der Waals surface area contributed by atoms with Crippen molar-refractivity contribution in [3.8, 4) is 11.5 Å². The molecule has 1 rings (SSSR count). The summed E-state index contributed by atoms with van der Waals surface area (Å²) in [6.45, 7) is 0. The quantitative estimate of drug-likeness (QED) is 0.639. The van der Waals surface area contributed by atoms with E-state index in [9.17, 15) is 9.90 Å². The van der Waals surface area contributed by atoms with Gasteiger partial charge in [-0.15, -0.1) is 0 Å². The molecule has 0 aliphatic carbocycles. The molecule has 0 aromatic heterocycles. The van der Waals surface area contributed by atoms with Crippen LogP contribution in [0, 0.1) is 0 Å². The van der Waals surface area contributed by atoms with Crippen molar-refractivity contribution >= 4 is 5.97 Å². The van der Waals surface area contributed by atoms with E-state index in [1.807, 2.05) is 0 Å². The maximum Gasteiger partial charge on any atom is 0.307 e. The predicted molar refractivity (Wildman–Crippen MR) is 53.3 cm³/mol. The Labute approximate surface area is 87.1 Å². The minimum Gasteiger partial charge on any atom is -0.508 e. The van der Waals surface area contributed by atoms with E-state index in [-0.39, 0.29) is 17.9 Å². The molecule has 0 aliphatic heterocycles. The van der Waals surface area contributed by atoms with Crippen molar-refractivity contribution in [2.75, 3.05) is 7.11 Å². The first-order chi connectivity index (χ1) is 7.04. The lowest BCUT2D eigenvalue weighted by Gasteiger charge is -2.12. The maximum absolute atomic E-state index is 10.9. The summed E-state index contributed by atoms with van der Waals surface area (Å²) >= 11 is 0. The fourth-order valence-electron chi connectivity index (χ4n) is 1.22. The van der Waals surface area contributed by atoms with Gasteiger partial charge in [-0.3, -0.25) is 4.79 Å².